The van der Waals surface area contributed by atoms with Crippen LogP contribution in [0.3, 0.4) is 0 Å². The van der Waals surface area contributed by atoms with Gasteiger partial charge in [0.1, 0.15) is 5.56 Å². The van der Waals surface area contributed by atoms with Crippen molar-refractivity contribution < 1.29 is 28.1 Å². The Bertz CT molecular complexity index is 818. The largest absolute Gasteiger partial charge is 0.477 e. The van der Waals surface area contributed by atoms with E-state index in [1.165, 1.54) is 13.1 Å². The molecule has 1 aromatic carbocycles. The van der Waals surface area contributed by atoms with E-state index in [0.29, 0.717) is 0 Å². The number of hydrogen-bond donors (Lipinski definition) is 1. The van der Waals surface area contributed by atoms with Crippen LogP contribution in [0.2, 0.25) is 0 Å². The molecule has 2 aromatic rings. The van der Waals surface area contributed by atoms with Crippen LogP contribution in [0.4, 0.5) is 18.2 Å². The second kappa shape index (κ2) is 6.85. The second-order valence-corrected chi connectivity index (χ2v) is 5.01. The van der Waals surface area contributed by atoms with Crippen LogP contribution in [0.25, 0.3) is 10.9 Å². The number of benzene rings is 1. The maximum atomic E-state index is 13.7. The first-order chi connectivity index (χ1) is 9.41. The molecule has 0 unspecified atom stereocenters. The molecule has 1 saturated carbocycles. The third-order valence-electron chi connectivity index (χ3n) is 3.62. The normalized spacial score (nSPS) is 12.8. The van der Waals surface area contributed by atoms with Gasteiger partial charge in [0.05, 0.1) is 10.9 Å². The van der Waals surface area contributed by atoms with Crippen molar-refractivity contribution in [3.8, 4) is 0 Å². The molecule has 3 rings (SSSR count). The lowest BCUT2D eigenvalue weighted by Gasteiger charge is -2.13. The number of halogens is 4. The average molecular weight is 330 g/mol. The van der Waals surface area contributed by atoms with Crippen LogP contribution in [0.5, 0.6) is 0 Å². The van der Waals surface area contributed by atoms with Crippen molar-refractivity contribution in [2.75, 3.05) is 0 Å². The Labute approximate surface area is 130 Å². The van der Waals surface area contributed by atoms with Gasteiger partial charge in [-0.05, 0) is 19.8 Å². The van der Waals surface area contributed by atoms with E-state index in [2.05, 4.69) is 0 Å². The fourth-order valence-electron chi connectivity index (χ4n) is 2.44. The van der Waals surface area contributed by atoms with Crippen LogP contribution in [-0.4, -0.2) is 24.1 Å². The molecule has 0 atom stereocenters. The molecule has 0 amide bonds. The number of hydrogen-bond acceptors (Lipinski definition) is 2. The number of carboxylic acids is 1. The molecule has 0 aliphatic heterocycles. The summed E-state index contributed by atoms with van der Waals surface area (Å²) < 4.78 is 28.8. The molecule has 1 aliphatic rings. The third-order valence-corrected chi connectivity index (χ3v) is 3.62. The quantitative estimate of drug-likeness (QED) is 0.680. The summed E-state index contributed by atoms with van der Waals surface area (Å²) in [6.07, 6.45) is 2.88. The number of pyridine rings is 1. The molecule has 3 radical (unpaired) electrons. The predicted octanol–water partition coefficient (Wildman–Crippen LogP) is 2.55. The predicted molar refractivity (Wildman–Crippen MR) is 78.9 cm³/mol. The number of carboxylic acid groups (broad SMARTS) is 1. The molecule has 0 bridgehead atoms. The highest BCUT2D eigenvalue weighted by Crippen LogP contribution is 2.37. The minimum Gasteiger partial charge on any atom is -0.477 e. The van der Waals surface area contributed by atoms with Gasteiger partial charge >= 0.3 is 5.97 Å². The number of rotatable bonds is 2. The molecular weight excluding hydrogens is 317 g/mol. The summed E-state index contributed by atoms with van der Waals surface area (Å²) in [5.74, 6) is -3.51. The fourth-order valence-corrected chi connectivity index (χ4v) is 2.44. The molecule has 9 heteroatoms. The summed E-state index contributed by atoms with van der Waals surface area (Å²) in [6.45, 7) is 1.28. The lowest BCUT2D eigenvalue weighted by atomic mass is 10.1. The molecule has 4 nitrogen and oxygen atoms in total. The maximum Gasteiger partial charge on any atom is 0.341 e. The number of carbonyl (C=O) groups is 1. The monoisotopic (exact) mass is 330 g/mol. The Kier molecular flexibility index (Phi) is 6.16. The van der Waals surface area contributed by atoms with Crippen molar-refractivity contribution in [3.05, 3.63) is 45.2 Å². The van der Waals surface area contributed by atoms with E-state index < -0.39 is 28.6 Å². The standard InChI is InChI=1S/C14H11F2NO3.B.2FH/c1-6-11-10(4-9(15)12(6)16)17(7-2-3-7)5-8(13(11)18)14(19)20;;;/h4-5,7H,2-3H2,1H3,(H,19,20);;2*1H. The first kappa shape index (κ1) is 20.7. The Morgan fingerprint density at radius 1 is 1.30 bits per heavy atom. The summed E-state index contributed by atoms with van der Waals surface area (Å²) >= 11 is 0. The maximum absolute atomic E-state index is 13.7. The zero-order chi connectivity index (χ0) is 14.6. The summed E-state index contributed by atoms with van der Waals surface area (Å²) in [7, 11) is 0. The average Bonchev–Trinajstić information content (AvgIpc) is 3.20. The minimum absolute atomic E-state index is 0. The van der Waals surface area contributed by atoms with Crippen LogP contribution >= 0.6 is 0 Å². The van der Waals surface area contributed by atoms with Gasteiger partial charge in [-0.1, -0.05) is 0 Å². The lowest BCUT2D eigenvalue weighted by molar-refractivity contribution is 0.0695. The lowest BCUT2D eigenvalue weighted by Crippen LogP contribution is -2.20. The fraction of sp³-hybridized carbons (Fsp3) is 0.286. The molecule has 1 N–H and O–H groups in total. The van der Waals surface area contributed by atoms with Gasteiger partial charge in [0.25, 0.3) is 0 Å². The van der Waals surface area contributed by atoms with E-state index in [9.17, 15) is 18.4 Å². The molecule has 0 spiro atoms. The van der Waals surface area contributed by atoms with Gasteiger partial charge < -0.3 is 9.67 Å². The molecule has 23 heavy (non-hydrogen) atoms. The van der Waals surface area contributed by atoms with Gasteiger partial charge in [0, 0.05) is 32.3 Å². The van der Waals surface area contributed by atoms with Crippen molar-refractivity contribution in [2.24, 2.45) is 0 Å². The zero-order valence-electron chi connectivity index (χ0n) is 12.0. The van der Waals surface area contributed by atoms with E-state index in [1.54, 1.807) is 4.57 Å². The van der Waals surface area contributed by atoms with E-state index in [4.69, 9.17) is 5.11 Å². The number of aryl methyl sites for hydroxylation is 1. The summed E-state index contributed by atoms with van der Waals surface area (Å²) in [4.78, 5) is 23.3. The SMILES string of the molecule is Cc1c(F)c(F)cc2c1c(=O)c(C(=O)O)cn2C1CC1.F.F.[B]. The van der Waals surface area contributed by atoms with Crippen LogP contribution < -0.4 is 5.43 Å². The molecular formula is C14H13BF4NO3. The van der Waals surface area contributed by atoms with Gasteiger partial charge in [0.15, 0.2) is 11.6 Å². The third kappa shape index (κ3) is 3.08. The molecule has 0 saturated heterocycles. The summed E-state index contributed by atoms with van der Waals surface area (Å²) in [6, 6.07) is 1.00. The Hall–Kier alpha value is -2.32. The van der Waals surface area contributed by atoms with E-state index in [0.717, 1.165) is 18.9 Å². The minimum atomic E-state index is -1.37. The van der Waals surface area contributed by atoms with Crippen molar-refractivity contribution in [2.45, 2.75) is 25.8 Å². The van der Waals surface area contributed by atoms with Gasteiger partial charge in [-0.2, -0.15) is 0 Å². The van der Waals surface area contributed by atoms with Crippen molar-refractivity contribution in [3.63, 3.8) is 0 Å². The summed E-state index contributed by atoms with van der Waals surface area (Å²) in [5, 5.41) is 9.03. The zero-order valence-corrected chi connectivity index (χ0v) is 12.0. The van der Waals surface area contributed by atoms with E-state index in [-0.39, 0.29) is 40.3 Å². The van der Waals surface area contributed by atoms with Gasteiger partial charge in [-0.25, -0.2) is 13.6 Å². The van der Waals surface area contributed by atoms with Crippen LogP contribution in [0, 0.1) is 18.6 Å². The summed E-state index contributed by atoms with van der Waals surface area (Å²) in [5.41, 5.74) is -1.10. The highest BCUT2D eigenvalue weighted by atomic mass is 19.2. The van der Waals surface area contributed by atoms with Gasteiger partial charge in [-0.3, -0.25) is 14.2 Å². The first-order valence-corrected chi connectivity index (χ1v) is 6.18. The van der Waals surface area contributed by atoms with E-state index in [1.807, 2.05) is 0 Å². The molecule has 1 aromatic heterocycles. The Morgan fingerprint density at radius 3 is 2.35 bits per heavy atom. The molecule has 123 valence electrons. The van der Waals surface area contributed by atoms with Gasteiger partial charge in [0.2, 0.25) is 5.43 Å². The Balaban J connectivity index is 0.00000161. The Morgan fingerprint density at radius 2 is 1.87 bits per heavy atom. The van der Waals surface area contributed by atoms with Crippen molar-refractivity contribution >= 4 is 25.3 Å². The highest BCUT2D eigenvalue weighted by molar-refractivity contribution is 5.93. The number of aromatic carboxylic acids is 1. The van der Waals surface area contributed by atoms with Crippen LogP contribution in [0.15, 0.2) is 17.1 Å². The molecule has 1 aliphatic carbocycles. The van der Waals surface area contributed by atoms with Gasteiger partial charge in [-0.15, -0.1) is 0 Å². The molecule has 1 fully saturated rings. The number of nitrogens with zero attached hydrogens (tertiary/aromatic N) is 1. The van der Waals surface area contributed by atoms with E-state index >= 15 is 0 Å². The number of aromatic nitrogens is 1. The van der Waals surface area contributed by atoms with Crippen LogP contribution in [0.1, 0.15) is 34.8 Å². The second-order valence-electron chi connectivity index (χ2n) is 5.01. The number of fused-ring (bicyclic) bond motifs is 1. The van der Waals surface area contributed by atoms with Crippen molar-refractivity contribution in [1.82, 2.24) is 4.57 Å². The smallest absolute Gasteiger partial charge is 0.341 e. The highest BCUT2D eigenvalue weighted by Gasteiger charge is 2.28. The van der Waals surface area contributed by atoms with Crippen LogP contribution in [-0.2, 0) is 0 Å². The topological polar surface area (TPSA) is 59.3 Å². The first-order valence-electron chi connectivity index (χ1n) is 6.18. The molecule has 1 heterocycles. The van der Waals surface area contributed by atoms with Crippen molar-refractivity contribution in [1.29, 1.82) is 0 Å².